The fraction of sp³-hybridized carbons (Fsp3) is 0.929. The van der Waals surface area contributed by atoms with E-state index in [1.807, 2.05) is 0 Å². The lowest BCUT2D eigenvalue weighted by Crippen LogP contribution is -2.27. The first-order valence-corrected chi connectivity index (χ1v) is 7.11. The van der Waals surface area contributed by atoms with Crippen LogP contribution in [0.5, 0.6) is 0 Å². The maximum Gasteiger partial charge on any atom is 0.293 e. The van der Waals surface area contributed by atoms with Crippen LogP contribution in [-0.2, 0) is 9.53 Å². The van der Waals surface area contributed by atoms with Crippen molar-refractivity contribution >= 4 is 6.47 Å². The topological polar surface area (TPSA) is 38.3 Å². The zero-order valence-corrected chi connectivity index (χ0v) is 11.5. The van der Waals surface area contributed by atoms with E-state index in [0.29, 0.717) is 13.1 Å². The number of carbonyl (C=O) groups is 1. The van der Waals surface area contributed by atoms with Gasteiger partial charge in [-0.05, 0) is 38.8 Å². The Kier molecular flexibility index (Phi) is 13.0. The second-order valence-electron chi connectivity index (χ2n) is 4.59. The molecule has 1 rings (SSSR count). The fourth-order valence-corrected chi connectivity index (χ4v) is 2.10. The maximum atomic E-state index is 9.18. The van der Waals surface area contributed by atoms with E-state index < -0.39 is 0 Å². The van der Waals surface area contributed by atoms with Gasteiger partial charge in [0.15, 0.2) is 0 Å². The normalized spacial score (nSPS) is 15.9. The second kappa shape index (κ2) is 13.5. The molecule has 0 aromatic heterocycles. The molecule has 0 saturated carbocycles. The average molecular weight is 243 g/mol. The smallest absolute Gasteiger partial charge is 0.293 e. The lowest BCUT2D eigenvalue weighted by Gasteiger charge is -2.22. The van der Waals surface area contributed by atoms with Gasteiger partial charge in [0.1, 0.15) is 0 Å². The Morgan fingerprint density at radius 2 is 1.88 bits per heavy atom. The predicted molar refractivity (Wildman–Crippen MR) is 72.0 cm³/mol. The number of hydrogen-bond acceptors (Lipinski definition) is 3. The lowest BCUT2D eigenvalue weighted by atomic mass is 9.92. The average Bonchev–Trinajstić information content (AvgIpc) is 2.38. The van der Waals surface area contributed by atoms with Gasteiger partial charge < -0.3 is 10.1 Å². The van der Waals surface area contributed by atoms with Gasteiger partial charge in [-0.1, -0.05) is 39.0 Å². The molecule has 1 aliphatic rings. The molecule has 1 aliphatic heterocycles. The van der Waals surface area contributed by atoms with Crippen molar-refractivity contribution in [3.63, 3.8) is 0 Å². The highest BCUT2D eigenvalue weighted by molar-refractivity contribution is 5.36. The summed E-state index contributed by atoms with van der Waals surface area (Å²) in [6.45, 7) is 7.47. The molecule has 0 atom stereocenters. The first-order valence-electron chi connectivity index (χ1n) is 7.11. The Hall–Kier alpha value is -0.570. The fourth-order valence-electron chi connectivity index (χ4n) is 2.10. The van der Waals surface area contributed by atoms with Crippen LogP contribution >= 0.6 is 0 Å². The molecule has 102 valence electrons. The number of carbonyl (C=O) groups excluding carboxylic acids is 1. The molecule has 17 heavy (non-hydrogen) atoms. The summed E-state index contributed by atoms with van der Waals surface area (Å²) in [5.41, 5.74) is 0. The number of ether oxygens (including phenoxy) is 1. The first-order chi connectivity index (χ1) is 8.35. The molecule has 0 aromatic rings. The summed E-state index contributed by atoms with van der Waals surface area (Å²) >= 11 is 0. The van der Waals surface area contributed by atoms with Gasteiger partial charge in [0.2, 0.25) is 0 Å². The minimum atomic E-state index is 0.431. The summed E-state index contributed by atoms with van der Waals surface area (Å²) in [6.07, 6.45) is 10.1. The molecule has 1 heterocycles. The van der Waals surface area contributed by atoms with Crippen LogP contribution in [0.3, 0.4) is 0 Å². The van der Waals surface area contributed by atoms with Gasteiger partial charge in [-0.25, -0.2) is 0 Å². The summed E-state index contributed by atoms with van der Waals surface area (Å²) < 4.78 is 4.15. The van der Waals surface area contributed by atoms with Crippen molar-refractivity contribution < 1.29 is 9.53 Å². The monoisotopic (exact) mass is 243 g/mol. The summed E-state index contributed by atoms with van der Waals surface area (Å²) in [5.74, 6) is 1.04. The zero-order chi connectivity index (χ0) is 12.8. The molecular formula is C14H29NO2. The first kappa shape index (κ1) is 16.4. The van der Waals surface area contributed by atoms with Crippen LogP contribution in [0.1, 0.15) is 58.8 Å². The standard InChI is InChI=1S/C11H23N.C3H6O2/c1-2-3-4-5-6-11-7-9-12-10-8-11;1-2-5-3-4/h11-12H,2-10H2,1H3;3H,2H2,1H3. The van der Waals surface area contributed by atoms with Crippen LogP contribution in [0.4, 0.5) is 0 Å². The van der Waals surface area contributed by atoms with Gasteiger partial charge in [0.25, 0.3) is 6.47 Å². The third-order valence-corrected chi connectivity index (χ3v) is 3.16. The highest BCUT2D eigenvalue weighted by Gasteiger charge is 2.11. The van der Waals surface area contributed by atoms with E-state index >= 15 is 0 Å². The number of unbranched alkanes of at least 4 members (excludes halogenated alkanes) is 3. The quantitative estimate of drug-likeness (QED) is 0.551. The van der Waals surface area contributed by atoms with E-state index in [0.717, 1.165) is 5.92 Å². The van der Waals surface area contributed by atoms with Gasteiger partial charge >= 0.3 is 0 Å². The third kappa shape index (κ3) is 11.7. The van der Waals surface area contributed by atoms with Crippen LogP contribution in [0.15, 0.2) is 0 Å². The molecule has 0 bridgehead atoms. The minimum absolute atomic E-state index is 0.431. The number of hydrogen-bond donors (Lipinski definition) is 1. The molecule has 1 fully saturated rings. The molecule has 1 saturated heterocycles. The number of nitrogens with one attached hydrogen (secondary N) is 1. The van der Waals surface area contributed by atoms with Crippen molar-refractivity contribution in [3.8, 4) is 0 Å². The third-order valence-electron chi connectivity index (χ3n) is 3.16. The lowest BCUT2D eigenvalue weighted by molar-refractivity contribution is -0.128. The molecule has 3 heteroatoms. The van der Waals surface area contributed by atoms with Crippen molar-refractivity contribution in [1.29, 1.82) is 0 Å². The van der Waals surface area contributed by atoms with Crippen LogP contribution in [0.25, 0.3) is 0 Å². The SMILES string of the molecule is CCCCCCC1CCNCC1.CCOC=O. The van der Waals surface area contributed by atoms with Crippen molar-refractivity contribution in [2.75, 3.05) is 19.7 Å². The van der Waals surface area contributed by atoms with E-state index in [1.54, 1.807) is 6.92 Å². The van der Waals surface area contributed by atoms with Crippen LogP contribution in [0, 0.1) is 5.92 Å². The van der Waals surface area contributed by atoms with Crippen molar-refractivity contribution in [3.05, 3.63) is 0 Å². The van der Waals surface area contributed by atoms with Gasteiger partial charge in [-0.2, -0.15) is 0 Å². The summed E-state index contributed by atoms with van der Waals surface area (Å²) in [6, 6.07) is 0. The Morgan fingerprint density at radius 3 is 2.35 bits per heavy atom. The number of rotatable bonds is 7. The van der Waals surface area contributed by atoms with Crippen molar-refractivity contribution in [1.82, 2.24) is 5.32 Å². The molecule has 3 nitrogen and oxygen atoms in total. The Balaban J connectivity index is 0.000000437. The van der Waals surface area contributed by atoms with Gasteiger partial charge in [-0.15, -0.1) is 0 Å². The molecule has 0 aromatic carbocycles. The van der Waals surface area contributed by atoms with Gasteiger partial charge in [0, 0.05) is 0 Å². The highest BCUT2D eigenvalue weighted by Crippen LogP contribution is 2.19. The van der Waals surface area contributed by atoms with E-state index in [2.05, 4.69) is 17.0 Å². The van der Waals surface area contributed by atoms with Crippen LogP contribution < -0.4 is 5.32 Å². The molecule has 0 unspecified atom stereocenters. The van der Waals surface area contributed by atoms with Gasteiger partial charge in [0.05, 0.1) is 6.61 Å². The molecular weight excluding hydrogens is 214 g/mol. The van der Waals surface area contributed by atoms with Crippen molar-refractivity contribution in [2.45, 2.75) is 58.8 Å². The van der Waals surface area contributed by atoms with E-state index in [1.165, 1.54) is 58.0 Å². The molecule has 0 radical (unpaired) electrons. The summed E-state index contributed by atoms with van der Waals surface area (Å²) in [4.78, 5) is 9.18. The zero-order valence-electron chi connectivity index (χ0n) is 11.5. The second-order valence-corrected chi connectivity index (χ2v) is 4.59. The van der Waals surface area contributed by atoms with E-state index in [4.69, 9.17) is 0 Å². The van der Waals surface area contributed by atoms with Crippen molar-refractivity contribution in [2.24, 2.45) is 5.92 Å². The van der Waals surface area contributed by atoms with Crippen LogP contribution in [0.2, 0.25) is 0 Å². The van der Waals surface area contributed by atoms with Crippen LogP contribution in [-0.4, -0.2) is 26.2 Å². The molecule has 0 spiro atoms. The summed E-state index contributed by atoms with van der Waals surface area (Å²) in [7, 11) is 0. The number of piperidine rings is 1. The Morgan fingerprint density at radius 1 is 1.18 bits per heavy atom. The predicted octanol–water partition coefficient (Wildman–Crippen LogP) is 3.14. The van der Waals surface area contributed by atoms with E-state index in [9.17, 15) is 4.79 Å². The highest BCUT2D eigenvalue weighted by atomic mass is 16.5. The Labute approximate surface area is 106 Å². The maximum absolute atomic E-state index is 9.18. The molecule has 1 N–H and O–H groups in total. The van der Waals surface area contributed by atoms with E-state index in [-0.39, 0.29) is 0 Å². The van der Waals surface area contributed by atoms with Gasteiger partial charge in [-0.3, -0.25) is 4.79 Å². The Bertz CT molecular complexity index is 156. The molecule has 0 amide bonds. The largest absolute Gasteiger partial charge is 0.468 e. The molecule has 0 aliphatic carbocycles. The summed E-state index contributed by atoms with van der Waals surface area (Å²) in [5, 5.41) is 3.42. The minimum Gasteiger partial charge on any atom is -0.468 e.